The van der Waals surface area contributed by atoms with Crippen LogP contribution in [0.1, 0.15) is 43.6 Å². The summed E-state index contributed by atoms with van der Waals surface area (Å²) in [6.07, 6.45) is 2.98. The van der Waals surface area contributed by atoms with Crippen LogP contribution in [0.5, 0.6) is 0 Å². The van der Waals surface area contributed by atoms with Gasteiger partial charge in [-0.2, -0.15) is 4.39 Å². The second kappa shape index (κ2) is 4.82. The highest BCUT2D eigenvalue weighted by Gasteiger charge is 2.34. The summed E-state index contributed by atoms with van der Waals surface area (Å²) in [5.41, 5.74) is 0.206. The maximum atomic E-state index is 13.0. The molecule has 2 unspecified atom stereocenters. The molecule has 92 valence electrons. The van der Waals surface area contributed by atoms with Gasteiger partial charge in [-0.3, -0.25) is 4.79 Å². The van der Waals surface area contributed by atoms with Gasteiger partial charge in [-0.05, 0) is 38.3 Å². The first-order valence-corrected chi connectivity index (χ1v) is 6.08. The summed E-state index contributed by atoms with van der Waals surface area (Å²) in [6, 6.07) is 4.84. The molecule has 4 heteroatoms. The fourth-order valence-corrected chi connectivity index (χ4v) is 2.50. The second-order valence-electron chi connectivity index (χ2n) is 4.55. The molecule has 2 atom stereocenters. The van der Waals surface area contributed by atoms with Crippen LogP contribution in [0.25, 0.3) is 0 Å². The van der Waals surface area contributed by atoms with E-state index >= 15 is 0 Å². The average molecular weight is 236 g/mol. The van der Waals surface area contributed by atoms with Crippen LogP contribution in [0, 0.1) is 5.95 Å². The molecule has 1 aromatic heterocycles. The number of carbonyl (C=O) groups excluding carboxylic acids is 1. The number of aromatic nitrogens is 1. The predicted octanol–water partition coefficient (Wildman–Crippen LogP) is 2.62. The Morgan fingerprint density at radius 1 is 1.53 bits per heavy atom. The summed E-state index contributed by atoms with van der Waals surface area (Å²) in [5, 5.41) is 0. The molecule has 1 aliphatic heterocycles. The van der Waals surface area contributed by atoms with E-state index in [-0.39, 0.29) is 23.7 Å². The smallest absolute Gasteiger partial charge is 0.273 e. The van der Waals surface area contributed by atoms with Crippen molar-refractivity contribution >= 4 is 5.91 Å². The van der Waals surface area contributed by atoms with Gasteiger partial charge in [-0.15, -0.1) is 0 Å². The highest BCUT2D eigenvalue weighted by molar-refractivity contribution is 5.92. The van der Waals surface area contributed by atoms with Crippen molar-refractivity contribution in [2.24, 2.45) is 0 Å². The Kier molecular flexibility index (Phi) is 3.41. The quantitative estimate of drug-likeness (QED) is 0.739. The van der Waals surface area contributed by atoms with E-state index < -0.39 is 5.95 Å². The zero-order valence-corrected chi connectivity index (χ0v) is 10.2. The number of rotatable bonds is 2. The van der Waals surface area contributed by atoms with Crippen molar-refractivity contribution < 1.29 is 9.18 Å². The lowest BCUT2D eigenvalue weighted by molar-refractivity contribution is 0.0669. The number of hydrogen-bond donors (Lipinski definition) is 0. The second-order valence-corrected chi connectivity index (χ2v) is 4.55. The van der Waals surface area contributed by atoms with E-state index in [0.717, 1.165) is 19.3 Å². The van der Waals surface area contributed by atoms with Crippen molar-refractivity contribution in [3.63, 3.8) is 0 Å². The summed E-state index contributed by atoms with van der Waals surface area (Å²) >= 11 is 0. The molecular formula is C13H17FN2O. The van der Waals surface area contributed by atoms with Crippen LogP contribution >= 0.6 is 0 Å². The van der Waals surface area contributed by atoms with E-state index in [1.54, 1.807) is 6.07 Å². The van der Waals surface area contributed by atoms with E-state index in [1.165, 1.54) is 12.1 Å². The minimum absolute atomic E-state index is 0.152. The van der Waals surface area contributed by atoms with Crippen molar-refractivity contribution in [2.45, 2.75) is 45.2 Å². The van der Waals surface area contributed by atoms with Gasteiger partial charge >= 0.3 is 0 Å². The number of nitrogens with zero attached hydrogens (tertiary/aromatic N) is 2. The lowest BCUT2D eigenvalue weighted by Gasteiger charge is -2.27. The number of likely N-dealkylation sites (tertiary alicyclic amines) is 1. The molecule has 1 fully saturated rings. The van der Waals surface area contributed by atoms with Gasteiger partial charge in [0.05, 0.1) is 0 Å². The van der Waals surface area contributed by atoms with Crippen LogP contribution < -0.4 is 0 Å². The molecule has 1 aromatic rings. The summed E-state index contributed by atoms with van der Waals surface area (Å²) in [7, 11) is 0. The van der Waals surface area contributed by atoms with Crippen LogP contribution in [0.15, 0.2) is 18.2 Å². The summed E-state index contributed by atoms with van der Waals surface area (Å²) in [5.74, 6) is -0.753. The van der Waals surface area contributed by atoms with Gasteiger partial charge in [0, 0.05) is 12.1 Å². The number of pyridine rings is 1. The zero-order valence-electron chi connectivity index (χ0n) is 10.2. The number of halogens is 1. The van der Waals surface area contributed by atoms with Crippen LogP contribution in [-0.4, -0.2) is 27.9 Å². The minimum Gasteiger partial charge on any atom is -0.332 e. The Hall–Kier alpha value is -1.45. The molecule has 0 aromatic carbocycles. The Labute approximate surface area is 101 Å². The molecule has 0 bridgehead atoms. The van der Waals surface area contributed by atoms with Crippen molar-refractivity contribution in [2.75, 3.05) is 0 Å². The van der Waals surface area contributed by atoms with Gasteiger partial charge in [0.1, 0.15) is 5.69 Å². The molecular weight excluding hydrogens is 219 g/mol. The molecule has 2 rings (SSSR count). The van der Waals surface area contributed by atoms with Gasteiger partial charge < -0.3 is 4.90 Å². The standard InChI is InChI=1S/C13H17FN2O/c1-3-10-8-7-9(2)16(10)13(17)11-5-4-6-12(14)15-11/h4-6,9-10H,3,7-8H2,1-2H3. The summed E-state index contributed by atoms with van der Waals surface area (Å²) in [4.78, 5) is 17.8. The Morgan fingerprint density at radius 3 is 2.94 bits per heavy atom. The highest BCUT2D eigenvalue weighted by Crippen LogP contribution is 2.27. The molecule has 0 spiro atoms. The van der Waals surface area contributed by atoms with Crippen molar-refractivity contribution in [1.29, 1.82) is 0 Å². The van der Waals surface area contributed by atoms with E-state index in [0.29, 0.717) is 0 Å². The Bertz CT molecular complexity index is 422. The van der Waals surface area contributed by atoms with Gasteiger partial charge in [0.25, 0.3) is 5.91 Å². The van der Waals surface area contributed by atoms with E-state index in [9.17, 15) is 9.18 Å². The van der Waals surface area contributed by atoms with E-state index in [1.807, 2.05) is 11.8 Å². The van der Waals surface area contributed by atoms with Gasteiger partial charge in [0.2, 0.25) is 5.95 Å². The lowest BCUT2D eigenvalue weighted by atomic mass is 10.1. The SMILES string of the molecule is CCC1CCC(C)N1C(=O)c1cccc(F)n1. The molecule has 1 amide bonds. The monoisotopic (exact) mass is 236 g/mol. The summed E-state index contributed by atoms with van der Waals surface area (Å²) < 4.78 is 13.0. The van der Waals surface area contributed by atoms with Crippen molar-refractivity contribution in [3.8, 4) is 0 Å². The van der Waals surface area contributed by atoms with Gasteiger partial charge in [0.15, 0.2) is 0 Å². The predicted molar refractivity (Wildman–Crippen MR) is 63.1 cm³/mol. The van der Waals surface area contributed by atoms with Gasteiger partial charge in [-0.25, -0.2) is 4.98 Å². The first kappa shape index (κ1) is 12.0. The first-order valence-electron chi connectivity index (χ1n) is 6.08. The van der Waals surface area contributed by atoms with Crippen molar-refractivity contribution in [3.05, 3.63) is 29.8 Å². The molecule has 0 aliphatic carbocycles. The third-order valence-corrected chi connectivity index (χ3v) is 3.43. The molecule has 3 nitrogen and oxygen atoms in total. The minimum atomic E-state index is -0.601. The number of hydrogen-bond acceptors (Lipinski definition) is 2. The first-order chi connectivity index (χ1) is 8.13. The lowest BCUT2D eigenvalue weighted by Crippen LogP contribution is -2.40. The zero-order chi connectivity index (χ0) is 12.4. The van der Waals surface area contributed by atoms with Crippen LogP contribution in [-0.2, 0) is 0 Å². The molecule has 1 saturated heterocycles. The van der Waals surface area contributed by atoms with Crippen molar-refractivity contribution in [1.82, 2.24) is 9.88 Å². The summed E-state index contributed by atoms with van der Waals surface area (Å²) in [6.45, 7) is 4.11. The third-order valence-electron chi connectivity index (χ3n) is 3.43. The normalized spacial score (nSPS) is 24.1. The maximum Gasteiger partial charge on any atom is 0.273 e. The van der Waals surface area contributed by atoms with Crippen LogP contribution in [0.2, 0.25) is 0 Å². The van der Waals surface area contributed by atoms with Crippen LogP contribution in [0.4, 0.5) is 4.39 Å². The van der Waals surface area contributed by atoms with E-state index in [2.05, 4.69) is 11.9 Å². The topological polar surface area (TPSA) is 33.2 Å². The molecule has 0 radical (unpaired) electrons. The van der Waals surface area contributed by atoms with Gasteiger partial charge in [-0.1, -0.05) is 13.0 Å². The highest BCUT2D eigenvalue weighted by atomic mass is 19.1. The third kappa shape index (κ3) is 2.30. The molecule has 17 heavy (non-hydrogen) atoms. The number of carbonyl (C=O) groups is 1. The van der Waals surface area contributed by atoms with E-state index in [4.69, 9.17) is 0 Å². The molecule has 1 aliphatic rings. The molecule has 0 N–H and O–H groups in total. The molecule has 0 saturated carbocycles. The Balaban J connectivity index is 2.24. The Morgan fingerprint density at radius 2 is 2.29 bits per heavy atom. The molecule has 2 heterocycles. The fourth-order valence-electron chi connectivity index (χ4n) is 2.50. The van der Waals surface area contributed by atoms with Crippen LogP contribution in [0.3, 0.4) is 0 Å². The largest absolute Gasteiger partial charge is 0.332 e. The number of amides is 1. The maximum absolute atomic E-state index is 13.0. The fraction of sp³-hybridized carbons (Fsp3) is 0.538. The average Bonchev–Trinajstić information content (AvgIpc) is 2.69.